The average Bonchev–Trinajstić information content (AvgIpc) is 1.56. The first-order chi connectivity index (χ1) is 62.6. The highest BCUT2D eigenvalue weighted by atomic mass is 15.2. The lowest BCUT2D eigenvalue weighted by atomic mass is 9.69. The van der Waals surface area contributed by atoms with Crippen molar-refractivity contribution in [3.63, 3.8) is 0 Å². The van der Waals surface area contributed by atoms with Crippen molar-refractivity contribution in [1.29, 1.82) is 0 Å². The van der Waals surface area contributed by atoms with E-state index in [1.807, 2.05) is 13.8 Å². The van der Waals surface area contributed by atoms with Gasteiger partial charge in [0.15, 0.2) is 0 Å². The molecule has 0 atom stereocenters. The van der Waals surface area contributed by atoms with Crippen LogP contribution >= 0.6 is 0 Å². The Morgan fingerprint density at radius 2 is 0.398 bits per heavy atom. The third-order valence-corrected chi connectivity index (χ3v) is 25.0. The summed E-state index contributed by atoms with van der Waals surface area (Å²) in [5.74, 6) is 0. The van der Waals surface area contributed by atoms with E-state index in [-0.39, 0.29) is 10.8 Å². The summed E-state index contributed by atoms with van der Waals surface area (Å²) >= 11 is 0. The van der Waals surface area contributed by atoms with E-state index in [9.17, 15) is 0 Å². The van der Waals surface area contributed by atoms with Crippen molar-refractivity contribution in [3.05, 3.63) is 524 Å². The fourth-order valence-corrected chi connectivity index (χ4v) is 18.4. The normalized spacial score (nSPS) is 12.0. The molecule has 4 heteroatoms. The Hall–Kier alpha value is -15.4. The van der Waals surface area contributed by atoms with Gasteiger partial charge < -0.3 is 19.6 Å². The molecule has 0 amide bonds. The molecule has 0 radical (unpaired) electrons. The van der Waals surface area contributed by atoms with E-state index in [2.05, 4.69) is 523 Å². The lowest BCUT2D eigenvalue weighted by Crippen LogP contribution is -2.31. The monoisotopic (exact) mass is 1650 g/mol. The zero-order valence-electron chi connectivity index (χ0n) is 74.5. The van der Waals surface area contributed by atoms with Crippen LogP contribution in [0.4, 0.5) is 62.6 Å². The highest BCUT2D eigenvalue weighted by molar-refractivity contribution is 5.91. The standard InChI is InChI=1S/2C59H48N2.2C3H6/c1-41-15-19-43(20-16-41)44-21-31-52(32-22-44)61(50-13-9-6-10-14-50)54-35-25-46(26-36-54)48-28-38-56-55-37-27-47(39-57(55)59(3,4)58(56)40-48)45-23-33-53(34-24-45)60(49-11-7-5-8-12-49)51-29-17-42(2)18-30-51;1-43-23-31-53(32-24-43)61(52-21-13-6-14-22-52)54-35-27-47(28-36-54)49-30-38-56-55-37-29-48(46-25-33-51(34-26-46)60(2)50-19-11-5-12-20-50)39-57(55)59(58(56)40-49,41-44-15-7-3-8-16-44)42-45-17-9-4-10-18-45;2*1-3-2/h5-40H,1-4H3;3-40H,41-42H2,1-2H3;2*3H,1H2,2H3. The van der Waals surface area contributed by atoms with E-state index >= 15 is 0 Å². The molecule has 2 aliphatic carbocycles. The van der Waals surface area contributed by atoms with Gasteiger partial charge in [0.05, 0.1) is 0 Å². The zero-order chi connectivity index (χ0) is 88.1. The molecule has 0 saturated heterocycles. The summed E-state index contributed by atoms with van der Waals surface area (Å²) in [4.78, 5) is 9.23. The first-order valence-corrected chi connectivity index (χ1v) is 44.5. The number of hydrogen-bond acceptors (Lipinski definition) is 4. The van der Waals surface area contributed by atoms with Gasteiger partial charge in [0.2, 0.25) is 0 Å². The van der Waals surface area contributed by atoms with Gasteiger partial charge in [-0.05, 0) is 316 Å². The second-order valence-corrected chi connectivity index (χ2v) is 34.1. The number of allylic oxidation sites excluding steroid dienone is 2. The van der Waals surface area contributed by atoms with Crippen LogP contribution in [-0.4, -0.2) is 7.05 Å². The first kappa shape index (κ1) is 84.8. The van der Waals surface area contributed by atoms with Gasteiger partial charge in [0.1, 0.15) is 0 Å². The summed E-state index contributed by atoms with van der Waals surface area (Å²) in [5, 5.41) is 0. The molecule has 0 heterocycles. The van der Waals surface area contributed by atoms with Crippen LogP contribution in [0.15, 0.2) is 474 Å². The third kappa shape index (κ3) is 18.2. The molecular weight excluding hydrogens is 1550 g/mol. The molecule has 20 rings (SSSR count). The first-order valence-electron chi connectivity index (χ1n) is 44.5. The number of aryl methyl sites for hydroxylation is 3. The van der Waals surface area contributed by atoms with Crippen molar-refractivity contribution in [2.75, 3.05) is 26.6 Å². The summed E-state index contributed by atoms with van der Waals surface area (Å²) in [7, 11) is 2.13. The zero-order valence-corrected chi connectivity index (χ0v) is 74.5. The molecule has 128 heavy (non-hydrogen) atoms. The van der Waals surface area contributed by atoms with Gasteiger partial charge in [-0.2, -0.15) is 0 Å². The summed E-state index contributed by atoms with van der Waals surface area (Å²) in [6, 6.07) is 164. The predicted molar refractivity (Wildman–Crippen MR) is 549 cm³/mol. The molecule has 0 spiro atoms. The smallest absolute Gasteiger partial charge is 0.0462 e. The van der Waals surface area contributed by atoms with Gasteiger partial charge in [-0.3, -0.25) is 0 Å². The van der Waals surface area contributed by atoms with Crippen LogP contribution in [0.5, 0.6) is 0 Å². The van der Waals surface area contributed by atoms with E-state index < -0.39 is 0 Å². The lowest BCUT2D eigenvalue weighted by molar-refractivity contribution is 0.520. The summed E-state index contributed by atoms with van der Waals surface area (Å²) in [6.45, 7) is 21.6. The molecule has 624 valence electrons. The Kier molecular flexibility index (Phi) is 25.5. The van der Waals surface area contributed by atoms with Crippen LogP contribution < -0.4 is 19.6 Å². The highest BCUT2D eigenvalue weighted by Gasteiger charge is 2.44. The van der Waals surface area contributed by atoms with Gasteiger partial charge >= 0.3 is 0 Å². The van der Waals surface area contributed by atoms with E-state index in [1.165, 1.54) is 134 Å². The van der Waals surface area contributed by atoms with Crippen LogP contribution in [0.1, 0.15) is 77.8 Å². The third-order valence-electron chi connectivity index (χ3n) is 25.0. The Bertz CT molecular complexity index is 6730. The number of hydrogen-bond donors (Lipinski definition) is 0. The van der Waals surface area contributed by atoms with Crippen molar-refractivity contribution >= 4 is 62.6 Å². The van der Waals surface area contributed by atoms with E-state index in [4.69, 9.17) is 0 Å². The Labute approximate surface area is 758 Å². The van der Waals surface area contributed by atoms with Gasteiger partial charge in [0, 0.05) is 80.4 Å². The topological polar surface area (TPSA) is 13.0 Å². The second kappa shape index (κ2) is 38.4. The molecule has 18 aromatic carbocycles. The molecule has 4 nitrogen and oxygen atoms in total. The van der Waals surface area contributed by atoms with Crippen LogP contribution in [0, 0.1) is 20.8 Å². The van der Waals surface area contributed by atoms with E-state index in [1.54, 1.807) is 12.2 Å². The van der Waals surface area contributed by atoms with Crippen LogP contribution in [0.25, 0.3) is 77.9 Å². The Morgan fingerprint density at radius 3 is 0.672 bits per heavy atom. The Balaban J connectivity index is 0.000000170. The van der Waals surface area contributed by atoms with Crippen LogP contribution in [-0.2, 0) is 23.7 Å². The van der Waals surface area contributed by atoms with E-state index in [0.29, 0.717) is 0 Å². The molecule has 18 aromatic rings. The fourth-order valence-electron chi connectivity index (χ4n) is 18.4. The minimum Gasteiger partial charge on any atom is -0.345 e. The van der Waals surface area contributed by atoms with Crippen molar-refractivity contribution in [2.45, 2.75) is 72.1 Å². The molecular formula is C124H108N4. The molecule has 0 N–H and O–H groups in total. The van der Waals surface area contributed by atoms with Crippen molar-refractivity contribution < 1.29 is 0 Å². The lowest BCUT2D eigenvalue weighted by Gasteiger charge is -2.33. The molecule has 0 fully saturated rings. The summed E-state index contributed by atoms with van der Waals surface area (Å²) in [5.41, 5.74) is 41.5. The van der Waals surface area contributed by atoms with E-state index in [0.717, 1.165) is 69.7 Å². The number of rotatable bonds is 20. The SMILES string of the molecule is C=CC.C=CC.Cc1ccc(-c2ccc(N(c3ccccc3)c3ccc(-c4ccc5c(c4)C(C)(C)c4cc(-c6ccc(N(c7ccccc7)c7ccc(C)cc7)cc6)ccc4-5)cc3)cc2)cc1.Cc1ccc(N(c2ccccc2)c2ccc(-c3ccc4c(c3)C(Cc3ccccc3)(Cc3ccccc3)c3cc(-c5ccc(N(C)c6ccccc6)cc5)ccc3-4)cc2)cc1. The van der Waals surface area contributed by atoms with Gasteiger partial charge in [0.25, 0.3) is 0 Å². The summed E-state index contributed by atoms with van der Waals surface area (Å²) < 4.78 is 0. The largest absolute Gasteiger partial charge is 0.345 e. The maximum atomic E-state index is 3.36. The predicted octanol–water partition coefficient (Wildman–Crippen LogP) is 34.3. The molecule has 0 unspecified atom stereocenters. The number of fused-ring (bicyclic) bond motifs is 6. The van der Waals surface area contributed by atoms with Gasteiger partial charge in [-0.1, -0.05) is 334 Å². The molecule has 0 bridgehead atoms. The quantitative estimate of drug-likeness (QED) is 0.0705. The van der Waals surface area contributed by atoms with Crippen molar-refractivity contribution in [3.8, 4) is 77.9 Å². The molecule has 0 aromatic heterocycles. The second-order valence-electron chi connectivity index (χ2n) is 34.1. The maximum absolute atomic E-state index is 3.36. The number of anilines is 11. The van der Waals surface area contributed by atoms with Crippen molar-refractivity contribution in [1.82, 2.24) is 0 Å². The number of para-hydroxylation sites is 4. The molecule has 0 aliphatic heterocycles. The number of benzene rings is 18. The average molecular weight is 1650 g/mol. The minimum absolute atomic E-state index is 0.152. The Morgan fingerprint density at radius 1 is 0.219 bits per heavy atom. The van der Waals surface area contributed by atoms with Crippen molar-refractivity contribution in [2.24, 2.45) is 0 Å². The maximum Gasteiger partial charge on any atom is 0.0462 e. The minimum atomic E-state index is -0.303. The molecule has 2 aliphatic rings. The number of nitrogens with zero attached hydrogens (tertiary/aromatic N) is 4. The fraction of sp³-hybridized carbons (Fsp3) is 0.0968. The van der Waals surface area contributed by atoms with Gasteiger partial charge in [-0.25, -0.2) is 0 Å². The van der Waals surface area contributed by atoms with Crippen LogP contribution in [0.2, 0.25) is 0 Å². The highest BCUT2D eigenvalue weighted by Crippen LogP contribution is 2.56. The van der Waals surface area contributed by atoms with Crippen LogP contribution in [0.3, 0.4) is 0 Å². The summed E-state index contributed by atoms with van der Waals surface area (Å²) in [6.07, 6.45) is 5.27. The molecule has 0 saturated carbocycles. The van der Waals surface area contributed by atoms with Gasteiger partial charge in [-0.15, -0.1) is 13.2 Å².